The van der Waals surface area contributed by atoms with Crippen LogP contribution in [-0.2, 0) is 4.79 Å². The molecule has 0 bridgehead atoms. The summed E-state index contributed by atoms with van der Waals surface area (Å²) in [7, 11) is 0. The largest absolute Gasteiger partial charge is 0.398 e. The zero-order valence-corrected chi connectivity index (χ0v) is 12.3. The summed E-state index contributed by atoms with van der Waals surface area (Å²) in [6, 6.07) is 4.28. The van der Waals surface area contributed by atoms with E-state index >= 15 is 0 Å². The van der Waals surface area contributed by atoms with Crippen molar-refractivity contribution in [3.8, 4) is 0 Å². The Kier molecular flexibility index (Phi) is 3.80. The summed E-state index contributed by atoms with van der Waals surface area (Å²) in [5.74, 6) is 0.0365. The Hall–Kier alpha value is -1.23. The molecule has 2 rings (SSSR count). The molecular weight excluding hydrogens is 294 g/mol. The zero-order valence-electron chi connectivity index (χ0n) is 10.7. The molecule has 3 N–H and O–H groups in total. The molecule has 0 saturated carbocycles. The summed E-state index contributed by atoms with van der Waals surface area (Å²) in [4.78, 5) is 13.3. The van der Waals surface area contributed by atoms with E-state index in [0.29, 0.717) is 0 Å². The number of hydrogen-bond acceptors (Lipinski definition) is 3. The van der Waals surface area contributed by atoms with Crippen LogP contribution in [0.5, 0.6) is 0 Å². The highest BCUT2D eigenvalue weighted by Crippen LogP contribution is 2.32. The van der Waals surface area contributed by atoms with Crippen LogP contribution in [0, 0.1) is 6.92 Å². The number of amides is 1. The summed E-state index contributed by atoms with van der Waals surface area (Å²) in [5, 5.41) is 2.97. The minimum absolute atomic E-state index is 0.0365. The van der Waals surface area contributed by atoms with Gasteiger partial charge >= 0.3 is 0 Å². The van der Waals surface area contributed by atoms with Crippen molar-refractivity contribution < 1.29 is 4.79 Å². The molecule has 1 aliphatic heterocycles. The standard InChI is InChI=1S/C13H18BrN3O/c1-8-5-13(11(14)6-12(8)15)17-4-3-10(7-17)16-9(2)18/h5-6,10H,3-4,7,15H2,1-2H3,(H,16,18). The Bertz CT molecular complexity index is 476. The fourth-order valence-corrected chi connectivity index (χ4v) is 2.92. The molecule has 4 nitrogen and oxygen atoms in total. The number of anilines is 2. The van der Waals surface area contributed by atoms with E-state index in [2.05, 4.69) is 32.2 Å². The molecule has 0 aromatic heterocycles. The monoisotopic (exact) mass is 311 g/mol. The first-order valence-electron chi connectivity index (χ1n) is 6.05. The van der Waals surface area contributed by atoms with Gasteiger partial charge in [0.15, 0.2) is 0 Å². The molecule has 5 heteroatoms. The molecule has 1 amide bonds. The lowest BCUT2D eigenvalue weighted by molar-refractivity contribution is -0.119. The van der Waals surface area contributed by atoms with Gasteiger partial charge in [-0.2, -0.15) is 0 Å². The van der Waals surface area contributed by atoms with Crippen LogP contribution in [0.2, 0.25) is 0 Å². The van der Waals surface area contributed by atoms with Crippen LogP contribution in [0.15, 0.2) is 16.6 Å². The molecule has 18 heavy (non-hydrogen) atoms. The molecule has 1 atom stereocenters. The lowest BCUT2D eigenvalue weighted by Gasteiger charge is -2.21. The number of nitrogens with two attached hydrogens (primary N) is 1. The predicted molar refractivity (Wildman–Crippen MR) is 77.7 cm³/mol. The third-order valence-corrected chi connectivity index (χ3v) is 3.91. The number of hydrogen-bond donors (Lipinski definition) is 2. The number of rotatable bonds is 2. The molecular formula is C13H18BrN3O. The summed E-state index contributed by atoms with van der Waals surface area (Å²) >= 11 is 3.55. The smallest absolute Gasteiger partial charge is 0.217 e. The van der Waals surface area contributed by atoms with E-state index < -0.39 is 0 Å². The first-order valence-corrected chi connectivity index (χ1v) is 6.84. The predicted octanol–water partition coefficient (Wildman–Crippen LogP) is 2.05. The Morgan fingerprint density at radius 3 is 2.94 bits per heavy atom. The number of nitrogens with zero attached hydrogens (tertiary/aromatic N) is 1. The molecule has 1 aliphatic rings. The van der Waals surface area contributed by atoms with E-state index in [1.165, 1.54) is 0 Å². The summed E-state index contributed by atoms with van der Waals surface area (Å²) in [6.07, 6.45) is 0.982. The maximum Gasteiger partial charge on any atom is 0.217 e. The van der Waals surface area contributed by atoms with E-state index in [9.17, 15) is 4.79 Å². The van der Waals surface area contributed by atoms with Gasteiger partial charge in [-0.1, -0.05) is 0 Å². The van der Waals surface area contributed by atoms with Crippen molar-refractivity contribution in [2.24, 2.45) is 0 Å². The zero-order chi connectivity index (χ0) is 13.3. The Balaban J connectivity index is 2.14. The van der Waals surface area contributed by atoms with E-state index in [1.54, 1.807) is 6.92 Å². The van der Waals surface area contributed by atoms with Gasteiger partial charge in [0.2, 0.25) is 5.91 Å². The highest BCUT2D eigenvalue weighted by molar-refractivity contribution is 9.10. The molecule has 0 spiro atoms. The summed E-state index contributed by atoms with van der Waals surface area (Å²) in [5.41, 5.74) is 8.90. The maximum absolute atomic E-state index is 11.1. The molecule has 1 saturated heterocycles. The van der Waals surface area contributed by atoms with Crippen molar-refractivity contribution in [3.63, 3.8) is 0 Å². The van der Waals surface area contributed by atoms with Crippen molar-refractivity contribution in [3.05, 3.63) is 22.2 Å². The van der Waals surface area contributed by atoms with Crippen molar-refractivity contribution in [1.82, 2.24) is 5.32 Å². The first kappa shape index (κ1) is 13.2. The van der Waals surface area contributed by atoms with Gasteiger partial charge in [0.1, 0.15) is 0 Å². The number of halogens is 1. The van der Waals surface area contributed by atoms with Gasteiger partial charge in [0.05, 0.1) is 5.69 Å². The van der Waals surface area contributed by atoms with Gasteiger partial charge in [-0.3, -0.25) is 4.79 Å². The topological polar surface area (TPSA) is 58.4 Å². The fraction of sp³-hybridized carbons (Fsp3) is 0.462. The van der Waals surface area contributed by atoms with Crippen molar-refractivity contribution in [2.45, 2.75) is 26.3 Å². The molecule has 0 radical (unpaired) electrons. The number of aryl methyl sites for hydroxylation is 1. The lowest BCUT2D eigenvalue weighted by Crippen LogP contribution is -2.35. The fourth-order valence-electron chi connectivity index (χ4n) is 2.31. The first-order chi connectivity index (χ1) is 8.47. The highest BCUT2D eigenvalue weighted by Gasteiger charge is 2.24. The second-order valence-corrected chi connectivity index (χ2v) is 5.65. The molecule has 1 aromatic carbocycles. The second-order valence-electron chi connectivity index (χ2n) is 4.79. The highest BCUT2D eigenvalue weighted by atomic mass is 79.9. The average Bonchev–Trinajstić information content (AvgIpc) is 2.70. The molecule has 1 fully saturated rings. The molecule has 0 aliphatic carbocycles. The van der Waals surface area contributed by atoms with Gasteiger partial charge in [0.25, 0.3) is 0 Å². The SMILES string of the molecule is CC(=O)NC1CCN(c2cc(C)c(N)cc2Br)C1. The number of nitrogens with one attached hydrogen (secondary N) is 1. The summed E-state index contributed by atoms with van der Waals surface area (Å²) in [6.45, 7) is 5.37. The van der Waals surface area contributed by atoms with Crippen molar-refractivity contribution in [1.29, 1.82) is 0 Å². The minimum Gasteiger partial charge on any atom is -0.398 e. The van der Waals surface area contributed by atoms with Gasteiger partial charge in [-0.15, -0.1) is 0 Å². The van der Waals surface area contributed by atoms with Crippen LogP contribution < -0.4 is 16.0 Å². The van der Waals surface area contributed by atoms with Crippen molar-refractivity contribution in [2.75, 3.05) is 23.7 Å². The third kappa shape index (κ3) is 2.77. The van der Waals surface area contributed by atoms with Crippen LogP contribution in [0.4, 0.5) is 11.4 Å². The van der Waals surface area contributed by atoms with Crippen LogP contribution in [0.1, 0.15) is 18.9 Å². The van der Waals surface area contributed by atoms with Crippen LogP contribution >= 0.6 is 15.9 Å². The van der Waals surface area contributed by atoms with Crippen molar-refractivity contribution >= 4 is 33.2 Å². The Labute approximate surface area is 116 Å². The van der Waals surface area contributed by atoms with Crippen LogP contribution in [-0.4, -0.2) is 25.0 Å². The van der Waals surface area contributed by atoms with Crippen LogP contribution in [0.3, 0.4) is 0 Å². The minimum atomic E-state index is 0.0365. The quantitative estimate of drug-likeness (QED) is 0.822. The van der Waals surface area contributed by atoms with E-state index in [-0.39, 0.29) is 11.9 Å². The number of carbonyl (C=O) groups excluding carboxylic acids is 1. The molecule has 1 aromatic rings. The van der Waals surface area contributed by atoms with Gasteiger partial charge in [-0.25, -0.2) is 0 Å². The second kappa shape index (κ2) is 5.18. The Morgan fingerprint density at radius 1 is 1.56 bits per heavy atom. The number of nitrogen functional groups attached to an aromatic ring is 1. The normalized spacial score (nSPS) is 19.1. The lowest BCUT2D eigenvalue weighted by atomic mass is 10.1. The molecule has 98 valence electrons. The van der Waals surface area contributed by atoms with E-state index in [4.69, 9.17) is 5.73 Å². The van der Waals surface area contributed by atoms with Crippen LogP contribution in [0.25, 0.3) is 0 Å². The molecule has 1 unspecified atom stereocenters. The van der Waals surface area contributed by atoms with Gasteiger partial charge in [0, 0.05) is 36.2 Å². The van der Waals surface area contributed by atoms with E-state index in [0.717, 1.165) is 40.9 Å². The van der Waals surface area contributed by atoms with E-state index in [1.807, 2.05) is 13.0 Å². The molecule has 1 heterocycles. The average molecular weight is 312 g/mol. The van der Waals surface area contributed by atoms with Gasteiger partial charge in [-0.05, 0) is 47.0 Å². The maximum atomic E-state index is 11.1. The number of benzene rings is 1. The number of carbonyl (C=O) groups is 1. The summed E-state index contributed by atoms with van der Waals surface area (Å²) < 4.78 is 1.01. The van der Waals surface area contributed by atoms with Gasteiger partial charge < -0.3 is 16.0 Å². The third-order valence-electron chi connectivity index (χ3n) is 3.27. The Morgan fingerprint density at radius 2 is 2.28 bits per heavy atom.